The predicted molar refractivity (Wildman–Crippen MR) is 137 cm³/mol. The highest BCUT2D eigenvalue weighted by molar-refractivity contribution is 8.00. The van der Waals surface area contributed by atoms with Crippen molar-refractivity contribution >= 4 is 52.3 Å². The van der Waals surface area contributed by atoms with Gasteiger partial charge in [0, 0.05) is 59.9 Å². The third kappa shape index (κ3) is 3.90. The lowest BCUT2D eigenvalue weighted by atomic mass is 10.0. The van der Waals surface area contributed by atoms with E-state index in [0.29, 0.717) is 36.2 Å². The lowest BCUT2D eigenvalue weighted by Crippen LogP contribution is -2.25. The monoisotopic (exact) mass is 516 g/mol. The van der Waals surface area contributed by atoms with Crippen LogP contribution in [0.1, 0.15) is 15.9 Å². The Labute approximate surface area is 215 Å². The molecule has 6 rings (SSSR count). The minimum atomic E-state index is -0.0831. The zero-order chi connectivity index (χ0) is 24.6. The average Bonchev–Trinajstić information content (AvgIpc) is 2.92. The van der Waals surface area contributed by atoms with Gasteiger partial charge in [0.1, 0.15) is 23.5 Å². The molecule has 0 saturated heterocycles. The Balaban J connectivity index is 1.37. The van der Waals surface area contributed by atoms with Crippen molar-refractivity contribution in [3.63, 3.8) is 0 Å². The van der Waals surface area contributed by atoms with Gasteiger partial charge in [0.05, 0.1) is 11.4 Å². The van der Waals surface area contributed by atoms with E-state index in [9.17, 15) is 4.79 Å². The molecule has 0 aliphatic carbocycles. The summed E-state index contributed by atoms with van der Waals surface area (Å²) in [5.74, 6) is 1.34. The lowest BCUT2D eigenvalue weighted by Gasteiger charge is -2.30. The number of rotatable bonds is 6. The Morgan fingerprint density at radius 3 is 1.61 bits per heavy atom. The SMILES string of the molecule is COCN1c2cc(C(=O)c3ccc4c(c3)N(COC)c3nccnc3S4)ccc2Sc2nccnc21. The molecule has 0 atom stereocenters. The number of methoxy groups -OCH3 is 2. The first-order valence-electron chi connectivity index (χ1n) is 11.0. The van der Waals surface area contributed by atoms with Crippen LogP contribution < -0.4 is 9.80 Å². The van der Waals surface area contributed by atoms with Crippen molar-refractivity contribution < 1.29 is 14.3 Å². The van der Waals surface area contributed by atoms with Crippen LogP contribution in [0.15, 0.2) is 81.0 Å². The van der Waals surface area contributed by atoms with Crippen LogP contribution >= 0.6 is 23.5 Å². The standard InChI is InChI=1S/C25H20N6O3S2/c1-33-13-30-17-11-15(3-5-19(17)35-24-22(30)26-7-9-28-24)21(32)16-4-6-20-18(12-16)31(14-34-2)23-25(36-20)29-10-8-27-23/h3-12H,13-14H2,1-2H3. The molecule has 180 valence electrons. The van der Waals surface area contributed by atoms with E-state index in [4.69, 9.17) is 9.47 Å². The van der Waals surface area contributed by atoms with E-state index in [2.05, 4.69) is 19.9 Å². The number of nitrogens with zero attached hydrogens (tertiary/aromatic N) is 6. The van der Waals surface area contributed by atoms with Gasteiger partial charge < -0.3 is 9.47 Å². The number of carbonyl (C=O) groups excluding carboxylic acids is 1. The quantitative estimate of drug-likeness (QED) is 0.327. The third-order valence-corrected chi connectivity index (χ3v) is 7.85. The van der Waals surface area contributed by atoms with Crippen LogP contribution in [0.25, 0.3) is 0 Å². The fourth-order valence-corrected chi connectivity index (χ4v) is 6.16. The van der Waals surface area contributed by atoms with E-state index in [1.54, 1.807) is 39.0 Å². The predicted octanol–water partition coefficient (Wildman–Crippen LogP) is 4.91. The second-order valence-corrected chi connectivity index (χ2v) is 10.0. The van der Waals surface area contributed by atoms with E-state index in [1.807, 2.05) is 46.2 Å². The summed E-state index contributed by atoms with van der Waals surface area (Å²) in [6.45, 7) is 0.582. The zero-order valence-electron chi connectivity index (χ0n) is 19.4. The number of hydrogen-bond donors (Lipinski definition) is 0. The molecule has 0 bridgehead atoms. The largest absolute Gasteiger partial charge is 0.364 e. The van der Waals surface area contributed by atoms with Gasteiger partial charge >= 0.3 is 0 Å². The maximum Gasteiger partial charge on any atom is 0.193 e. The molecule has 2 aliphatic rings. The molecule has 4 heterocycles. The van der Waals surface area contributed by atoms with Crippen molar-refractivity contribution in [1.29, 1.82) is 0 Å². The maximum absolute atomic E-state index is 13.7. The minimum absolute atomic E-state index is 0.0831. The first-order valence-corrected chi connectivity index (χ1v) is 12.6. The summed E-state index contributed by atoms with van der Waals surface area (Å²) >= 11 is 3.06. The smallest absolute Gasteiger partial charge is 0.193 e. The molecule has 36 heavy (non-hydrogen) atoms. The summed E-state index contributed by atoms with van der Waals surface area (Å²) in [6.07, 6.45) is 6.65. The van der Waals surface area contributed by atoms with Crippen molar-refractivity contribution in [2.75, 3.05) is 37.5 Å². The first kappa shape index (κ1) is 22.9. The maximum atomic E-state index is 13.7. The van der Waals surface area contributed by atoms with Crippen molar-refractivity contribution in [3.8, 4) is 0 Å². The average molecular weight is 517 g/mol. The normalized spacial score (nSPS) is 13.5. The molecule has 0 spiro atoms. The molecule has 4 aromatic rings. The van der Waals surface area contributed by atoms with Crippen molar-refractivity contribution in [2.24, 2.45) is 0 Å². The molecule has 11 heteroatoms. The van der Waals surface area contributed by atoms with Crippen molar-refractivity contribution in [2.45, 2.75) is 19.8 Å². The van der Waals surface area contributed by atoms with Gasteiger partial charge in [0.15, 0.2) is 17.4 Å². The van der Waals surface area contributed by atoms with Gasteiger partial charge in [0.2, 0.25) is 0 Å². The summed E-state index contributed by atoms with van der Waals surface area (Å²) < 4.78 is 10.9. The van der Waals surface area contributed by atoms with E-state index in [-0.39, 0.29) is 5.78 Å². The number of fused-ring (bicyclic) bond motifs is 4. The van der Waals surface area contributed by atoms with Crippen LogP contribution in [-0.2, 0) is 9.47 Å². The molecule has 0 fully saturated rings. The summed E-state index contributed by atoms with van der Waals surface area (Å²) in [5.41, 5.74) is 2.87. The number of ether oxygens (including phenoxy) is 2. The highest BCUT2D eigenvalue weighted by Gasteiger charge is 2.29. The molecule has 0 unspecified atom stereocenters. The van der Waals surface area contributed by atoms with Gasteiger partial charge in [-0.2, -0.15) is 0 Å². The van der Waals surface area contributed by atoms with E-state index >= 15 is 0 Å². The van der Waals surface area contributed by atoms with Crippen LogP contribution in [-0.4, -0.2) is 53.4 Å². The van der Waals surface area contributed by atoms with Gasteiger partial charge in [0.25, 0.3) is 0 Å². The number of aromatic nitrogens is 4. The molecule has 2 aliphatic heterocycles. The summed E-state index contributed by atoms with van der Waals surface area (Å²) in [5, 5.41) is 1.60. The Hall–Kier alpha value is -3.51. The van der Waals surface area contributed by atoms with Gasteiger partial charge in [-0.05, 0) is 36.4 Å². The lowest BCUT2D eigenvalue weighted by molar-refractivity contribution is 0.103. The van der Waals surface area contributed by atoms with Gasteiger partial charge in [-0.25, -0.2) is 19.9 Å². The molecule has 2 aromatic carbocycles. The summed E-state index contributed by atoms with van der Waals surface area (Å²) in [6, 6.07) is 11.4. The topological polar surface area (TPSA) is 93.6 Å². The molecular weight excluding hydrogens is 496 g/mol. The number of benzene rings is 2. The van der Waals surface area contributed by atoms with Crippen LogP contribution in [0.2, 0.25) is 0 Å². The fourth-order valence-electron chi connectivity index (χ4n) is 4.18. The van der Waals surface area contributed by atoms with Gasteiger partial charge in [-0.3, -0.25) is 14.6 Å². The number of anilines is 4. The van der Waals surface area contributed by atoms with Gasteiger partial charge in [-0.15, -0.1) is 0 Å². The number of hydrogen-bond acceptors (Lipinski definition) is 11. The van der Waals surface area contributed by atoms with E-state index in [0.717, 1.165) is 31.2 Å². The van der Waals surface area contributed by atoms with Crippen LogP contribution in [0.4, 0.5) is 23.0 Å². The van der Waals surface area contributed by atoms with Gasteiger partial charge in [-0.1, -0.05) is 23.5 Å². The van der Waals surface area contributed by atoms with Crippen LogP contribution in [0.3, 0.4) is 0 Å². The Kier molecular flexibility index (Phi) is 6.05. The molecule has 0 radical (unpaired) electrons. The molecule has 2 aromatic heterocycles. The van der Waals surface area contributed by atoms with Crippen LogP contribution in [0.5, 0.6) is 0 Å². The molecule has 9 nitrogen and oxygen atoms in total. The zero-order valence-corrected chi connectivity index (χ0v) is 21.0. The highest BCUT2D eigenvalue weighted by atomic mass is 32.2. The molecular formula is C25H20N6O3S2. The number of carbonyl (C=O) groups is 1. The number of ketones is 1. The molecule has 0 amide bonds. The minimum Gasteiger partial charge on any atom is -0.364 e. The second-order valence-electron chi connectivity index (χ2n) is 7.96. The van der Waals surface area contributed by atoms with Crippen LogP contribution in [0, 0.1) is 0 Å². The van der Waals surface area contributed by atoms with E-state index in [1.165, 1.54) is 23.5 Å². The Morgan fingerprint density at radius 2 is 1.17 bits per heavy atom. The first-order chi connectivity index (χ1) is 17.7. The molecule has 0 saturated carbocycles. The Bertz CT molecular complexity index is 1380. The fraction of sp³-hybridized carbons (Fsp3) is 0.160. The molecule has 0 N–H and O–H groups in total. The summed E-state index contributed by atoms with van der Waals surface area (Å²) in [4.78, 5) is 37.4. The van der Waals surface area contributed by atoms with E-state index < -0.39 is 0 Å². The highest BCUT2D eigenvalue weighted by Crippen LogP contribution is 2.48. The van der Waals surface area contributed by atoms with Crippen molar-refractivity contribution in [3.05, 3.63) is 72.3 Å². The third-order valence-electron chi connectivity index (χ3n) is 5.76. The van der Waals surface area contributed by atoms with Crippen molar-refractivity contribution in [1.82, 2.24) is 19.9 Å². The summed E-state index contributed by atoms with van der Waals surface area (Å²) in [7, 11) is 3.26. The Morgan fingerprint density at radius 1 is 0.722 bits per heavy atom. The second kappa shape index (κ2) is 9.51.